The molecule has 8 heteroatoms. The first-order valence-corrected chi connectivity index (χ1v) is 10.2. The minimum Gasteiger partial charge on any atom is -0.476 e. The molecule has 0 aromatic carbocycles. The number of carbonyl (C=O) groups is 1. The number of carbonyl (C=O) groups excluding carboxylic acids is 1. The number of hydrogen-bond acceptors (Lipinski definition) is 6. The fraction of sp³-hybridized carbons (Fsp3) is 0.526. The van der Waals surface area contributed by atoms with Crippen LogP contribution in [0.25, 0.3) is 0 Å². The lowest BCUT2D eigenvalue weighted by molar-refractivity contribution is -0.0650. The van der Waals surface area contributed by atoms with Gasteiger partial charge in [-0.2, -0.15) is 0 Å². The average Bonchev–Trinajstić information content (AvgIpc) is 3.35. The zero-order chi connectivity index (χ0) is 18.7. The zero-order valence-corrected chi connectivity index (χ0v) is 15.8. The summed E-state index contributed by atoms with van der Waals surface area (Å²) in [5.41, 5.74) is 2.00. The third-order valence-electron chi connectivity index (χ3n) is 5.58. The van der Waals surface area contributed by atoms with E-state index in [-0.39, 0.29) is 17.4 Å². The number of aromatic nitrogens is 2. The summed E-state index contributed by atoms with van der Waals surface area (Å²) in [7, 11) is 0. The fourth-order valence-corrected chi connectivity index (χ4v) is 4.61. The average molecular weight is 391 g/mol. The number of hydrogen-bond donors (Lipinski definition) is 0. The van der Waals surface area contributed by atoms with Crippen molar-refractivity contribution >= 4 is 17.2 Å². The molecule has 4 rings (SSSR count). The van der Waals surface area contributed by atoms with E-state index >= 15 is 0 Å². The van der Waals surface area contributed by atoms with Crippen molar-refractivity contribution in [3.05, 3.63) is 40.7 Å². The van der Waals surface area contributed by atoms with E-state index in [1.165, 1.54) is 23.6 Å². The standard InChI is InChI=1S/C19H22FN3O3S/c20-15-2-1-7-21-17(15)25-10-3-14-4-11-26-19(14)5-8-23(9-6-19)18(24)16-12-27-13-22-16/h1-2,7,12-14H,3-6,8-11H2/t14-/m1/s1. The lowest BCUT2D eigenvalue weighted by Gasteiger charge is -2.42. The molecule has 0 aliphatic carbocycles. The van der Waals surface area contributed by atoms with Crippen LogP contribution in [-0.4, -0.2) is 52.7 Å². The van der Waals surface area contributed by atoms with Crippen LogP contribution in [0.2, 0.25) is 0 Å². The van der Waals surface area contributed by atoms with Gasteiger partial charge in [-0.25, -0.2) is 14.4 Å². The van der Waals surface area contributed by atoms with Crippen molar-refractivity contribution in [2.45, 2.75) is 31.3 Å². The number of amides is 1. The smallest absolute Gasteiger partial charge is 0.273 e. The molecule has 2 saturated heterocycles. The molecule has 1 amide bonds. The van der Waals surface area contributed by atoms with Gasteiger partial charge in [0.05, 0.1) is 17.7 Å². The molecule has 144 valence electrons. The van der Waals surface area contributed by atoms with Crippen molar-refractivity contribution in [2.24, 2.45) is 5.92 Å². The summed E-state index contributed by atoms with van der Waals surface area (Å²) in [6, 6.07) is 2.89. The highest BCUT2D eigenvalue weighted by Crippen LogP contribution is 2.42. The van der Waals surface area contributed by atoms with Gasteiger partial charge in [-0.05, 0) is 43.7 Å². The SMILES string of the molecule is O=C(c1cscn1)N1CCC2(CC1)OCC[C@H]2CCOc1ncccc1F. The van der Waals surface area contributed by atoms with Crippen LogP contribution in [0.15, 0.2) is 29.2 Å². The van der Waals surface area contributed by atoms with Gasteiger partial charge in [0.25, 0.3) is 5.91 Å². The van der Waals surface area contributed by atoms with E-state index in [4.69, 9.17) is 9.47 Å². The number of thiazole rings is 1. The zero-order valence-electron chi connectivity index (χ0n) is 15.0. The van der Waals surface area contributed by atoms with Crippen molar-refractivity contribution in [3.63, 3.8) is 0 Å². The number of rotatable bonds is 5. The molecule has 2 aromatic rings. The molecule has 0 radical (unpaired) electrons. The Morgan fingerprint density at radius 2 is 2.26 bits per heavy atom. The van der Waals surface area contributed by atoms with Crippen LogP contribution in [-0.2, 0) is 4.74 Å². The normalized spacial score (nSPS) is 21.5. The summed E-state index contributed by atoms with van der Waals surface area (Å²) in [5, 5.41) is 1.79. The molecule has 0 N–H and O–H groups in total. The Bertz CT molecular complexity index is 778. The largest absolute Gasteiger partial charge is 0.476 e. The van der Waals surface area contributed by atoms with Gasteiger partial charge in [0.2, 0.25) is 5.88 Å². The third kappa shape index (κ3) is 3.82. The highest BCUT2D eigenvalue weighted by Gasteiger charge is 2.46. The molecule has 2 fully saturated rings. The van der Waals surface area contributed by atoms with E-state index in [0.29, 0.717) is 31.3 Å². The van der Waals surface area contributed by atoms with Crippen molar-refractivity contribution in [1.82, 2.24) is 14.9 Å². The van der Waals surface area contributed by atoms with E-state index in [1.807, 2.05) is 4.90 Å². The Morgan fingerprint density at radius 1 is 1.41 bits per heavy atom. The highest BCUT2D eigenvalue weighted by molar-refractivity contribution is 7.07. The molecule has 1 atom stereocenters. The number of halogens is 1. The van der Waals surface area contributed by atoms with E-state index < -0.39 is 5.82 Å². The van der Waals surface area contributed by atoms with Crippen LogP contribution in [0.1, 0.15) is 36.2 Å². The molecule has 2 aliphatic heterocycles. The maximum atomic E-state index is 13.6. The molecule has 0 unspecified atom stereocenters. The first kappa shape index (κ1) is 18.3. The Balaban J connectivity index is 1.32. The predicted molar refractivity (Wildman–Crippen MR) is 98.3 cm³/mol. The van der Waals surface area contributed by atoms with E-state index in [1.54, 1.807) is 17.0 Å². The van der Waals surface area contributed by atoms with E-state index in [2.05, 4.69) is 9.97 Å². The second-order valence-electron chi connectivity index (χ2n) is 6.99. The Hall–Kier alpha value is -2.06. The van der Waals surface area contributed by atoms with Gasteiger partial charge in [0, 0.05) is 31.3 Å². The summed E-state index contributed by atoms with van der Waals surface area (Å²) in [4.78, 5) is 22.4. The number of ether oxygens (including phenoxy) is 2. The van der Waals surface area contributed by atoms with Crippen LogP contribution in [0, 0.1) is 11.7 Å². The van der Waals surface area contributed by atoms with Crippen molar-refractivity contribution < 1.29 is 18.7 Å². The molecule has 27 heavy (non-hydrogen) atoms. The Morgan fingerprint density at radius 3 is 3.00 bits per heavy atom. The van der Waals surface area contributed by atoms with Gasteiger partial charge in [-0.3, -0.25) is 4.79 Å². The van der Waals surface area contributed by atoms with Crippen LogP contribution in [0.4, 0.5) is 4.39 Å². The number of likely N-dealkylation sites (tertiary alicyclic amines) is 1. The van der Waals surface area contributed by atoms with E-state index in [0.717, 1.165) is 32.3 Å². The second-order valence-corrected chi connectivity index (χ2v) is 7.71. The highest BCUT2D eigenvalue weighted by atomic mass is 32.1. The molecular weight excluding hydrogens is 369 g/mol. The van der Waals surface area contributed by atoms with Crippen molar-refractivity contribution in [2.75, 3.05) is 26.3 Å². The minimum absolute atomic E-state index is 0.00499. The number of nitrogens with zero attached hydrogens (tertiary/aromatic N) is 3. The summed E-state index contributed by atoms with van der Waals surface area (Å²) < 4.78 is 25.3. The van der Waals surface area contributed by atoms with Crippen LogP contribution >= 0.6 is 11.3 Å². The van der Waals surface area contributed by atoms with Crippen molar-refractivity contribution in [1.29, 1.82) is 0 Å². The molecule has 0 bridgehead atoms. The third-order valence-corrected chi connectivity index (χ3v) is 6.16. The van der Waals surface area contributed by atoms with Gasteiger partial charge in [-0.1, -0.05) is 0 Å². The lowest BCUT2D eigenvalue weighted by Crippen LogP contribution is -2.49. The maximum absolute atomic E-state index is 13.6. The van der Waals surface area contributed by atoms with Crippen molar-refractivity contribution in [3.8, 4) is 5.88 Å². The lowest BCUT2D eigenvalue weighted by atomic mass is 9.78. The molecular formula is C19H22FN3O3S. The van der Waals surface area contributed by atoms with Gasteiger partial charge < -0.3 is 14.4 Å². The molecule has 2 aromatic heterocycles. The number of piperidine rings is 1. The summed E-state index contributed by atoms with van der Waals surface area (Å²) in [6.45, 7) is 2.47. The first-order valence-electron chi connectivity index (χ1n) is 9.23. The van der Waals surface area contributed by atoms with Gasteiger partial charge in [-0.15, -0.1) is 11.3 Å². The van der Waals surface area contributed by atoms with Gasteiger partial charge >= 0.3 is 0 Å². The maximum Gasteiger partial charge on any atom is 0.273 e. The van der Waals surface area contributed by atoms with E-state index in [9.17, 15) is 9.18 Å². The molecule has 0 saturated carbocycles. The van der Waals surface area contributed by atoms with Crippen LogP contribution in [0.5, 0.6) is 5.88 Å². The van der Waals surface area contributed by atoms with Crippen LogP contribution < -0.4 is 4.74 Å². The monoisotopic (exact) mass is 391 g/mol. The molecule has 4 heterocycles. The Labute approximate surface area is 161 Å². The Kier molecular flexibility index (Phi) is 5.36. The summed E-state index contributed by atoms with van der Waals surface area (Å²) >= 11 is 1.43. The summed E-state index contributed by atoms with van der Waals surface area (Å²) in [6.07, 6.45) is 4.90. The predicted octanol–water partition coefficient (Wildman–Crippen LogP) is 3.16. The fourth-order valence-electron chi connectivity index (χ4n) is 4.09. The quantitative estimate of drug-likeness (QED) is 0.783. The molecule has 2 aliphatic rings. The van der Waals surface area contributed by atoms with Crippen LogP contribution in [0.3, 0.4) is 0 Å². The topological polar surface area (TPSA) is 64.6 Å². The summed E-state index contributed by atoms with van der Waals surface area (Å²) in [5.74, 6) is -0.0479. The van der Waals surface area contributed by atoms with Gasteiger partial charge in [0.15, 0.2) is 5.82 Å². The van der Waals surface area contributed by atoms with Gasteiger partial charge in [0.1, 0.15) is 5.69 Å². The molecule has 1 spiro atoms. The molecule has 6 nitrogen and oxygen atoms in total. The first-order chi connectivity index (χ1) is 13.2. The minimum atomic E-state index is -0.441. The second kappa shape index (κ2) is 7.90. The number of pyridine rings is 1.